The molecular formula is C20H19N5O2S. The van der Waals surface area contributed by atoms with E-state index in [2.05, 4.69) is 14.9 Å². The molecule has 7 nitrogen and oxygen atoms in total. The zero-order valence-corrected chi connectivity index (χ0v) is 15.9. The number of pyridine rings is 1. The number of anilines is 2. The molecule has 1 aliphatic heterocycles. The van der Waals surface area contributed by atoms with Crippen molar-refractivity contribution in [3.8, 4) is 5.95 Å². The molecule has 4 aromatic rings. The van der Waals surface area contributed by atoms with Crippen molar-refractivity contribution >= 4 is 44.1 Å². The Labute approximate surface area is 163 Å². The first-order valence-corrected chi connectivity index (χ1v) is 10.6. The van der Waals surface area contributed by atoms with Crippen LogP contribution in [0.3, 0.4) is 0 Å². The second-order valence-electron chi connectivity index (χ2n) is 6.89. The smallest absolute Gasteiger partial charge is 0.260 e. The number of H-pyrrole nitrogens is 1. The number of nitrogen functional groups attached to an aromatic ring is 1. The third-order valence-corrected chi connectivity index (χ3v) is 6.44. The first kappa shape index (κ1) is 17.0. The van der Waals surface area contributed by atoms with E-state index in [1.165, 1.54) is 6.07 Å². The average molecular weight is 393 g/mol. The summed E-state index contributed by atoms with van der Waals surface area (Å²) in [4.78, 5) is 22.8. The molecular weight excluding hydrogens is 374 g/mol. The van der Waals surface area contributed by atoms with Gasteiger partial charge in [-0.2, -0.15) is 0 Å². The largest absolute Gasteiger partial charge is 0.398 e. The van der Waals surface area contributed by atoms with Crippen LogP contribution in [0.1, 0.15) is 0 Å². The lowest BCUT2D eigenvalue weighted by Crippen LogP contribution is -2.37. The molecule has 3 heterocycles. The molecule has 2 aromatic carbocycles. The number of nitrogens with two attached hydrogens (primary N) is 1. The molecule has 0 aliphatic carbocycles. The van der Waals surface area contributed by atoms with E-state index in [0.717, 1.165) is 35.2 Å². The van der Waals surface area contributed by atoms with E-state index < -0.39 is 10.8 Å². The number of fused-ring (bicyclic) bond motifs is 2. The van der Waals surface area contributed by atoms with Gasteiger partial charge >= 0.3 is 0 Å². The van der Waals surface area contributed by atoms with Crippen LogP contribution in [-0.4, -0.2) is 43.3 Å². The summed E-state index contributed by atoms with van der Waals surface area (Å²) in [6.45, 7) is 1.56. The summed E-state index contributed by atoms with van der Waals surface area (Å²) in [6.07, 6.45) is 0. The normalized spacial score (nSPS) is 15.5. The standard InChI is InChI=1S/C20H19N5O2S/c21-15-12-19(26)25(18-4-2-1-3-14(15)18)20-22-16-6-5-13(11-17(16)23-20)24-7-9-28(27)10-8-24/h1-6,11-12H,7-10,21H2,(H,22,23). The van der Waals surface area contributed by atoms with Crippen molar-refractivity contribution in [2.24, 2.45) is 0 Å². The summed E-state index contributed by atoms with van der Waals surface area (Å²) in [7, 11) is -0.711. The maximum atomic E-state index is 12.7. The minimum Gasteiger partial charge on any atom is -0.398 e. The molecule has 2 aromatic heterocycles. The van der Waals surface area contributed by atoms with Crippen LogP contribution in [0.5, 0.6) is 0 Å². The summed E-state index contributed by atoms with van der Waals surface area (Å²) in [5, 5.41) is 0.810. The van der Waals surface area contributed by atoms with Crippen molar-refractivity contribution in [3.05, 3.63) is 58.9 Å². The second kappa shape index (κ2) is 6.49. The molecule has 0 radical (unpaired) electrons. The number of aromatic nitrogens is 3. The van der Waals surface area contributed by atoms with E-state index in [1.54, 1.807) is 4.57 Å². The third-order valence-electron chi connectivity index (χ3n) is 5.16. The molecule has 5 rings (SSSR count). The topological polar surface area (TPSA) is 97.0 Å². The van der Waals surface area contributed by atoms with Gasteiger partial charge in [-0.05, 0) is 24.3 Å². The third kappa shape index (κ3) is 2.77. The molecule has 0 unspecified atom stereocenters. The van der Waals surface area contributed by atoms with Gasteiger partial charge in [0.1, 0.15) is 0 Å². The van der Waals surface area contributed by atoms with Crippen molar-refractivity contribution in [1.29, 1.82) is 0 Å². The predicted molar refractivity (Wildman–Crippen MR) is 114 cm³/mol. The molecule has 8 heteroatoms. The van der Waals surface area contributed by atoms with E-state index >= 15 is 0 Å². The van der Waals surface area contributed by atoms with E-state index in [1.807, 2.05) is 42.5 Å². The van der Waals surface area contributed by atoms with Gasteiger partial charge in [-0.1, -0.05) is 18.2 Å². The summed E-state index contributed by atoms with van der Waals surface area (Å²) in [5.41, 5.74) is 9.66. The van der Waals surface area contributed by atoms with Crippen LogP contribution in [0.4, 0.5) is 11.4 Å². The molecule has 0 spiro atoms. The Bertz CT molecular complexity index is 1280. The van der Waals surface area contributed by atoms with Gasteiger partial charge in [0.05, 0.1) is 16.6 Å². The molecule has 3 N–H and O–H groups in total. The Hall–Kier alpha value is -3.13. The maximum Gasteiger partial charge on any atom is 0.260 e. The minimum absolute atomic E-state index is 0.228. The van der Waals surface area contributed by atoms with Gasteiger partial charge in [-0.15, -0.1) is 0 Å². The molecule has 28 heavy (non-hydrogen) atoms. The van der Waals surface area contributed by atoms with Crippen molar-refractivity contribution in [1.82, 2.24) is 14.5 Å². The first-order valence-electron chi connectivity index (χ1n) is 9.10. The highest BCUT2D eigenvalue weighted by atomic mass is 32.2. The quantitative estimate of drug-likeness (QED) is 0.543. The van der Waals surface area contributed by atoms with Crippen molar-refractivity contribution < 1.29 is 4.21 Å². The SMILES string of the molecule is Nc1cc(=O)n(-c2nc3ccc(N4CCS(=O)CC4)cc3[nH]2)c2ccccc12. The lowest BCUT2D eigenvalue weighted by molar-refractivity contribution is 0.673. The molecule has 142 valence electrons. The summed E-state index contributed by atoms with van der Waals surface area (Å²) < 4.78 is 13.2. The lowest BCUT2D eigenvalue weighted by Gasteiger charge is -2.28. The fraction of sp³-hybridized carbons (Fsp3) is 0.200. The molecule has 1 fully saturated rings. The number of aromatic amines is 1. The number of hydrogen-bond donors (Lipinski definition) is 2. The number of para-hydroxylation sites is 1. The number of nitrogens with one attached hydrogen (secondary N) is 1. The molecule has 0 saturated carbocycles. The number of benzene rings is 2. The number of hydrogen-bond acceptors (Lipinski definition) is 5. The van der Waals surface area contributed by atoms with Gasteiger partial charge in [0.2, 0.25) is 5.95 Å². The Morgan fingerprint density at radius 2 is 1.86 bits per heavy atom. The van der Waals surface area contributed by atoms with E-state index in [4.69, 9.17) is 5.73 Å². The summed E-state index contributed by atoms with van der Waals surface area (Å²) >= 11 is 0. The number of imidazole rings is 1. The van der Waals surface area contributed by atoms with Gasteiger partial charge in [0.15, 0.2) is 0 Å². The lowest BCUT2D eigenvalue weighted by atomic mass is 10.2. The maximum absolute atomic E-state index is 12.7. The van der Waals surface area contributed by atoms with Crippen LogP contribution >= 0.6 is 0 Å². The fourth-order valence-corrected chi connectivity index (χ4v) is 4.76. The molecule has 0 atom stereocenters. The average Bonchev–Trinajstić information content (AvgIpc) is 3.11. The molecule has 0 amide bonds. The van der Waals surface area contributed by atoms with Gasteiger partial charge < -0.3 is 15.6 Å². The Morgan fingerprint density at radius 1 is 1.07 bits per heavy atom. The minimum atomic E-state index is -0.711. The fourth-order valence-electron chi connectivity index (χ4n) is 3.71. The molecule has 1 saturated heterocycles. The Balaban J connectivity index is 1.62. The highest BCUT2D eigenvalue weighted by Gasteiger charge is 2.17. The van der Waals surface area contributed by atoms with Gasteiger partial charge in [0.25, 0.3) is 5.56 Å². The van der Waals surface area contributed by atoms with Gasteiger partial charge in [-0.25, -0.2) is 9.55 Å². The highest BCUT2D eigenvalue weighted by Crippen LogP contribution is 2.25. The predicted octanol–water partition coefficient (Wildman–Crippen LogP) is 2.02. The van der Waals surface area contributed by atoms with Gasteiger partial charge in [-0.3, -0.25) is 9.00 Å². The molecule has 0 bridgehead atoms. The van der Waals surface area contributed by atoms with E-state index in [0.29, 0.717) is 28.7 Å². The van der Waals surface area contributed by atoms with E-state index in [9.17, 15) is 9.00 Å². The van der Waals surface area contributed by atoms with Gasteiger partial charge in [0, 0.05) is 58.2 Å². The second-order valence-corrected chi connectivity index (χ2v) is 8.58. The van der Waals surface area contributed by atoms with Crippen LogP contribution in [0, 0.1) is 0 Å². The first-order chi connectivity index (χ1) is 13.6. The Morgan fingerprint density at radius 3 is 2.68 bits per heavy atom. The zero-order chi connectivity index (χ0) is 19.3. The van der Waals surface area contributed by atoms with Crippen LogP contribution in [0.2, 0.25) is 0 Å². The molecule has 1 aliphatic rings. The van der Waals surface area contributed by atoms with Crippen LogP contribution in [0.15, 0.2) is 53.3 Å². The summed E-state index contributed by atoms with van der Waals surface area (Å²) in [6, 6.07) is 14.9. The van der Waals surface area contributed by atoms with Crippen molar-refractivity contribution in [2.75, 3.05) is 35.2 Å². The van der Waals surface area contributed by atoms with Crippen molar-refractivity contribution in [2.45, 2.75) is 0 Å². The monoisotopic (exact) mass is 393 g/mol. The highest BCUT2D eigenvalue weighted by molar-refractivity contribution is 7.85. The zero-order valence-electron chi connectivity index (χ0n) is 15.1. The van der Waals surface area contributed by atoms with Crippen LogP contribution in [-0.2, 0) is 10.8 Å². The number of nitrogens with zero attached hydrogens (tertiary/aromatic N) is 3. The van der Waals surface area contributed by atoms with Crippen LogP contribution in [0.25, 0.3) is 27.9 Å². The van der Waals surface area contributed by atoms with Crippen molar-refractivity contribution in [3.63, 3.8) is 0 Å². The summed E-state index contributed by atoms with van der Waals surface area (Å²) in [5.74, 6) is 1.85. The number of rotatable bonds is 2. The van der Waals surface area contributed by atoms with Crippen LogP contribution < -0.4 is 16.2 Å². The van der Waals surface area contributed by atoms with E-state index in [-0.39, 0.29) is 5.56 Å². The Kier molecular flexibility index (Phi) is 3.94.